The summed E-state index contributed by atoms with van der Waals surface area (Å²) in [5, 5.41) is 0.144. The molecule has 0 spiro atoms. The van der Waals surface area contributed by atoms with Crippen molar-refractivity contribution in [3.8, 4) is 0 Å². The first-order valence-electron chi connectivity index (χ1n) is 6.48. The summed E-state index contributed by atoms with van der Waals surface area (Å²) < 4.78 is 13.3. The van der Waals surface area contributed by atoms with Gasteiger partial charge in [-0.2, -0.15) is 0 Å². The molecule has 0 atom stereocenters. The predicted octanol–water partition coefficient (Wildman–Crippen LogP) is 3.93. The number of halogens is 2. The normalized spacial score (nSPS) is 17.5. The first-order chi connectivity index (χ1) is 8.49. The minimum atomic E-state index is -0.449. The second kappa shape index (κ2) is 5.35. The van der Waals surface area contributed by atoms with Gasteiger partial charge >= 0.3 is 0 Å². The van der Waals surface area contributed by atoms with Gasteiger partial charge in [0.2, 0.25) is 0 Å². The Kier molecular flexibility index (Phi) is 4.00. The van der Waals surface area contributed by atoms with E-state index in [1.807, 2.05) is 0 Å². The highest BCUT2D eigenvalue weighted by Crippen LogP contribution is 2.33. The molecule has 18 heavy (non-hydrogen) atoms. The molecule has 2 rings (SSSR count). The summed E-state index contributed by atoms with van der Waals surface area (Å²) in [4.78, 5) is 2.21. The van der Waals surface area contributed by atoms with E-state index in [1.165, 1.54) is 6.07 Å². The Labute approximate surface area is 113 Å². The number of hydrogen-bond donors (Lipinski definition) is 1. The Balaban J connectivity index is 2.12. The molecule has 4 heteroatoms. The fourth-order valence-corrected chi connectivity index (χ4v) is 2.79. The Bertz CT molecular complexity index is 426. The topological polar surface area (TPSA) is 29.3 Å². The van der Waals surface area contributed by atoms with Crippen LogP contribution in [0, 0.1) is 17.7 Å². The molecule has 1 aromatic rings. The molecule has 0 aromatic heterocycles. The van der Waals surface area contributed by atoms with Crippen molar-refractivity contribution in [3.63, 3.8) is 0 Å². The summed E-state index contributed by atoms with van der Waals surface area (Å²) in [6, 6.07) is 2.95. The molecule has 0 bridgehead atoms. The van der Waals surface area contributed by atoms with Crippen LogP contribution in [-0.4, -0.2) is 13.1 Å². The minimum Gasteiger partial charge on any atom is -0.397 e. The number of piperidine rings is 1. The minimum absolute atomic E-state index is 0.144. The van der Waals surface area contributed by atoms with Crippen LogP contribution in [0.4, 0.5) is 15.8 Å². The Morgan fingerprint density at radius 3 is 2.50 bits per heavy atom. The molecular weight excluding hydrogens is 251 g/mol. The highest BCUT2D eigenvalue weighted by atomic mass is 35.5. The Hall–Kier alpha value is -0.960. The highest BCUT2D eigenvalue weighted by molar-refractivity contribution is 6.31. The molecule has 1 aliphatic rings. The number of hydrogen-bond acceptors (Lipinski definition) is 2. The molecule has 0 amide bonds. The van der Waals surface area contributed by atoms with Gasteiger partial charge in [0, 0.05) is 19.2 Å². The Morgan fingerprint density at radius 1 is 1.33 bits per heavy atom. The molecule has 1 aromatic carbocycles. The van der Waals surface area contributed by atoms with Crippen molar-refractivity contribution in [1.82, 2.24) is 0 Å². The van der Waals surface area contributed by atoms with Crippen molar-refractivity contribution in [1.29, 1.82) is 0 Å². The van der Waals surface area contributed by atoms with Crippen LogP contribution in [0.5, 0.6) is 0 Å². The third-order valence-corrected chi connectivity index (χ3v) is 4.18. The second-order valence-electron chi connectivity index (χ2n) is 5.39. The van der Waals surface area contributed by atoms with E-state index in [0.29, 0.717) is 5.69 Å². The van der Waals surface area contributed by atoms with Gasteiger partial charge in [0.25, 0.3) is 0 Å². The van der Waals surface area contributed by atoms with Crippen molar-refractivity contribution in [2.24, 2.45) is 11.8 Å². The van der Waals surface area contributed by atoms with Gasteiger partial charge in [-0.15, -0.1) is 0 Å². The maximum atomic E-state index is 13.3. The van der Waals surface area contributed by atoms with E-state index in [1.54, 1.807) is 6.07 Å². The summed E-state index contributed by atoms with van der Waals surface area (Å²) >= 11 is 5.83. The summed E-state index contributed by atoms with van der Waals surface area (Å²) in [5.41, 5.74) is 7.21. The number of rotatable bonds is 2. The fraction of sp³-hybridized carbons (Fsp3) is 0.571. The molecule has 1 heterocycles. The van der Waals surface area contributed by atoms with Crippen LogP contribution in [-0.2, 0) is 0 Å². The SMILES string of the molecule is CC(C)C1CCN(c2cc(Cl)c(F)cc2N)CC1. The maximum Gasteiger partial charge on any atom is 0.143 e. The van der Waals surface area contributed by atoms with Gasteiger partial charge in [-0.05, 0) is 30.7 Å². The van der Waals surface area contributed by atoms with Crippen LogP contribution in [0.3, 0.4) is 0 Å². The zero-order valence-corrected chi connectivity index (χ0v) is 11.7. The van der Waals surface area contributed by atoms with E-state index in [2.05, 4.69) is 18.7 Å². The molecular formula is C14H20ClFN2. The quantitative estimate of drug-likeness (QED) is 0.825. The number of nitrogens with zero attached hydrogens (tertiary/aromatic N) is 1. The van der Waals surface area contributed by atoms with Crippen molar-refractivity contribution in [3.05, 3.63) is 23.0 Å². The van der Waals surface area contributed by atoms with Gasteiger partial charge in [0.05, 0.1) is 16.4 Å². The number of benzene rings is 1. The van der Waals surface area contributed by atoms with E-state index < -0.39 is 5.82 Å². The van der Waals surface area contributed by atoms with E-state index in [0.717, 1.165) is 43.5 Å². The standard InChI is InChI=1S/C14H20ClFN2/c1-9(2)10-3-5-18(6-4-10)14-7-11(15)12(16)8-13(14)17/h7-10H,3-6,17H2,1-2H3. The van der Waals surface area contributed by atoms with Gasteiger partial charge in [0.1, 0.15) is 5.82 Å². The van der Waals surface area contributed by atoms with Crippen molar-refractivity contribution < 1.29 is 4.39 Å². The highest BCUT2D eigenvalue weighted by Gasteiger charge is 2.23. The third-order valence-electron chi connectivity index (χ3n) is 3.89. The second-order valence-corrected chi connectivity index (χ2v) is 5.80. The fourth-order valence-electron chi connectivity index (χ4n) is 2.63. The van der Waals surface area contributed by atoms with E-state index in [4.69, 9.17) is 17.3 Å². The van der Waals surface area contributed by atoms with Gasteiger partial charge in [-0.3, -0.25) is 0 Å². The van der Waals surface area contributed by atoms with E-state index in [9.17, 15) is 4.39 Å². The van der Waals surface area contributed by atoms with Gasteiger partial charge in [-0.1, -0.05) is 25.4 Å². The van der Waals surface area contributed by atoms with Crippen LogP contribution < -0.4 is 10.6 Å². The van der Waals surface area contributed by atoms with Gasteiger partial charge in [0.15, 0.2) is 0 Å². The average molecular weight is 271 g/mol. The van der Waals surface area contributed by atoms with E-state index in [-0.39, 0.29) is 5.02 Å². The molecule has 2 nitrogen and oxygen atoms in total. The van der Waals surface area contributed by atoms with E-state index >= 15 is 0 Å². The predicted molar refractivity (Wildman–Crippen MR) is 75.6 cm³/mol. The summed E-state index contributed by atoms with van der Waals surface area (Å²) in [6.45, 7) is 6.47. The molecule has 1 aliphatic heterocycles. The van der Waals surface area contributed by atoms with Gasteiger partial charge in [-0.25, -0.2) is 4.39 Å². The number of anilines is 2. The zero-order chi connectivity index (χ0) is 13.3. The van der Waals surface area contributed by atoms with Crippen molar-refractivity contribution in [2.45, 2.75) is 26.7 Å². The molecule has 0 unspecified atom stereocenters. The summed E-state index contributed by atoms with van der Waals surface area (Å²) in [5.74, 6) is 1.05. The van der Waals surface area contributed by atoms with Crippen LogP contribution in [0.25, 0.3) is 0 Å². The molecule has 2 N–H and O–H groups in total. The van der Waals surface area contributed by atoms with Crippen molar-refractivity contribution >= 4 is 23.0 Å². The smallest absolute Gasteiger partial charge is 0.143 e. The first-order valence-corrected chi connectivity index (χ1v) is 6.86. The monoisotopic (exact) mass is 270 g/mol. The van der Waals surface area contributed by atoms with Crippen LogP contribution in [0.1, 0.15) is 26.7 Å². The molecule has 100 valence electrons. The molecule has 0 aliphatic carbocycles. The number of nitrogens with two attached hydrogens (primary N) is 1. The van der Waals surface area contributed by atoms with Crippen LogP contribution in [0.2, 0.25) is 5.02 Å². The van der Waals surface area contributed by atoms with Crippen LogP contribution in [0.15, 0.2) is 12.1 Å². The number of nitrogen functional groups attached to an aromatic ring is 1. The molecule has 0 radical (unpaired) electrons. The lowest BCUT2D eigenvalue weighted by molar-refractivity contribution is 0.311. The first kappa shape index (κ1) is 13.5. The lowest BCUT2D eigenvalue weighted by Gasteiger charge is -2.36. The zero-order valence-electron chi connectivity index (χ0n) is 10.9. The largest absolute Gasteiger partial charge is 0.397 e. The average Bonchev–Trinajstić information content (AvgIpc) is 2.34. The summed E-state index contributed by atoms with van der Waals surface area (Å²) in [7, 11) is 0. The summed E-state index contributed by atoms with van der Waals surface area (Å²) in [6.07, 6.45) is 2.32. The lowest BCUT2D eigenvalue weighted by Crippen LogP contribution is -2.35. The Morgan fingerprint density at radius 2 is 1.94 bits per heavy atom. The van der Waals surface area contributed by atoms with Gasteiger partial charge < -0.3 is 10.6 Å². The third kappa shape index (κ3) is 2.72. The maximum absolute atomic E-state index is 13.3. The van der Waals surface area contributed by atoms with Crippen molar-refractivity contribution in [2.75, 3.05) is 23.7 Å². The lowest BCUT2D eigenvalue weighted by atomic mass is 9.86. The van der Waals surface area contributed by atoms with Crippen LogP contribution >= 0.6 is 11.6 Å². The molecule has 1 fully saturated rings. The molecule has 0 saturated carbocycles. The molecule has 1 saturated heterocycles.